The molecule has 0 unspecified atom stereocenters. The number of benzene rings is 1. The van der Waals surface area contributed by atoms with E-state index in [0.29, 0.717) is 20.9 Å². The highest BCUT2D eigenvalue weighted by Crippen LogP contribution is 2.30. The molecule has 3 N–H and O–H groups in total. The van der Waals surface area contributed by atoms with Gasteiger partial charge in [-0.05, 0) is 66.2 Å². The molecule has 160 valence electrons. The number of likely N-dealkylation sites (tertiary alicyclic amines) is 1. The normalized spacial score (nSPS) is 19.9. The second-order valence-corrected chi connectivity index (χ2v) is 9.26. The second-order valence-electron chi connectivity index (χ2n) is 8.06. The fourth-order valence-corrected chi connectivity index (χ4v) is 4.49. The van der Waals surface area contributed by atoms with E-state index in [1.165, 1.54) is 19.3 Å². The SMILES string of the molecule is O=C(Nc1[nH]nc(C(=O)N[C@@H]2CCCCN(CC3CC3)C2)c1Br)c1ccccc1Cl. The number of anilines is 1. The summed E-state index contributed by atoms with van der Waals surface area (Å²) in [5, 5.41) is 13.0. The predicted octanol–water partition coefficient (Wildman–Crippen LogP) is 4.07. The number of hydrogen-bond acceptors (Lipinski definition) is 4. The molecule has 2 heterocycles. The lowest BCUT2D eigenvalue weighted by Gasteiger charge is -2.24. The van der Waals surface area contributed by atoms with Crippen LogP contribution in [0.4, 0.5) is 5.82 Å². The van der Waals surface area contributed by atoms with Crippen LogP contribution < -0.4 is 10.6 Å². The van der Waals surface area contributed by atoms with Gasteiger partial charge in [0.05, 0.1) is 15.1 Å². The van der Waals surface area contributed by atoms with E-state index in [-0.39, 0.29) is 23.6 Å². The average molecular weight is 495 g/mol. The number of aromatic amines is 1. The van der Waals surface area contributed by atoms with Gasteiger partial charge >= 0.3 is 0 Å². The van der Waals surface area contributed by atoms with Crippen LogP contribution in [0, 0.1) is 5.92 Å². The van der Waals surface area contributed by atoms with E-state index in [0.717, 1.165) is 38.4 Å². The fraction of sp³-hybridized carbons (Fsp3) is 0.476. The molecule has 30 heavy (non-hydrogen) atoms. The van der Waals surface area contributed by atoms with Crippen LogP contribution in [0.1, 0.15) is 53.0 Å². The molecular formula is C21H25BrClN5O2. The molecule has 0 radical (unpaired) electrons. The lowest BCUT2D eigenvalue weighted by atomic mass is 10.1. The summed E-state index contributed by atoms with van der Waals surface area (Å²) in [5.74, 6) is 0.525. The first-order valence-corrected chi connectivity index (χ1v) is 11.5. The number of carbonyl (C=O) groups excluding carboxylic acids is 2. The summed E-state index contributed by atoms with van der Waals surface area (Å²) in [4.78, 5) is 27.8. The number of halogens is 2. The number of H-pyrrole nitrogens is 1. The number of nitrogens with one attached hydrogen (secondary N) is 3. The molecule has 1 aromatic carbocycles. The number of aromatic nitrogens is 2. The molecule has 0 bridgehead atoms. The van der Waals surface area contributed by atoms with Gasteiger partial charge in [-0.2, -0.15) is 5.10 Å². The molecule has 0 spiro atoms. The molecule has 7 nitrogen and oxygen atoms in total. The van der Waals surface area contributed by atoms with Crippen molar-refractivity contribution in [1.82, 2.24) is 20.4 Å². The Kier molecular flexibility index (Phi) is 6.75. The van der Waals surface area contributed by atoms with Crippen molar-refractivity contribution in [2.24, 2.45) is 5.92 Å². The van der Waals surface area contributed by atoms with E-state index in [2.05, 4.69) is 41.7 Å². The third kappa shape index (κ3) is 5.22. The van der Waals surface area contributed by atoms with E-state index >= 15 is 0 Å². The maximum atomic E-state index is 12.8. The first-order valence-electron chi connectivity index (χ1n) is 10.3. The Morgan fingerprint density at radius 3 is 2.77 bits per heavy atom. The van der Waals surface area contributed by atoms with Crippen molar-refractivity contribution < 1.29 is 9.59 Å². The maximum absolute atomic E-state index is 12.8. The Balaban J connectivity index is 1.39. The van der Waals surface area contributed by atoms with Gasteiger partial charge < -0.3 is 15.5 Å². The number of rotatable bonds is 6. The van der Waals surface area contributed by atoms with Gasteiger partial charge in [0.15, 0.2) is 5.69 Å². The largest absolute Gasteiger partial charge is 0.347 e. The van der Waals surface area contributed by atoms with Crippen LogP contribution in [0.15, 0.2) is 28.7 Å². The maximum Gasteiger partial charge on any atom is 0.273 e. The van der Waals surface area contributed by atoms with Crippen LogP contribution in [-0.4, -0.2) is 52.6 Å². The number of carbonyl (C=O) groups is 2. The van der Waals surface area contributed by atoms with Gasteiger partial charge in [0.2, 0.25) is 0 Å². The molecule has 2 aliphatic rings. The predicted molar refractivity (Wildman–Crippen MR) is 120 cm³/mol. The zero-order valence-corrected chi connectivity index (χ0v) is 18.9. The van der Waals surface area contributed by atoms with Gasteiger partial charge in [-0.25, -0.2) is 0 Å². The van der Waals surface area contributed by atoms with E-state index in [1.807, 2.05) is 0 Å². The summed E-state index contributed by atoms with van der Waals surface area (Å²) >= 11 is 9.48. The monoisotopic (exact) mass is 493 g/mol. The lowest BCUT2D eigenvalue weighted by Crippen LogP contribution is -2.43. The quantitative estimate of drug-likeness (QED) is 0.565. The Morgan fingerprint density at radius 1 is 1.20 bits per heavy atom. The van der Waals surface area contributed by atoms with Crippen molar-refractivity contribution in [3.8, 4) is 0 Å². The second kappa shape index (κ2) is 9.49. The Morgan fingerprint density at radius 2 is 2.00 bits per heavy atom. The summed E-state index contributed by atoms with van der Waals surface area (Å²) in [6.45, 7) is 3.12. The molecular weight excluding hydrogens is 470 g/mol. The van der Waals surface area contributed by atoms with Crippen molar-refractivity contribution in [3.63, 3.8) is 0 Å². The Bertz CT molecular complexity index is 930. The summed E-state index contributed by atoms with van der Waals surface area (Å²) < 4.78 is 0.420. The topological polar surface area (TPSA) is 90.1 Å². The van der Waals surface area contributed by atoms with E-state index in [9.17, 15) is 9.59 Å². The lowest BCUT2D eigenvalue weighted by molar-refractivity contribution is 0.0919. The van der Waals surface area contributed by atoms with Crippen LogP contribution in [0.25, 0.3) is 0 Å². The minimum Gasteiger partial charge on any atom is -0.347 e. The standard InChI is InChI=1S/C21H25BrClN5O2/c22-17-18(26-27-19(17)25-20(29)15-6-1-2-7-16(15)23)21(30)24-14-5-3-4-10-28(12-14)11-13-8-9-13/h1-2,6-7,13-14H,3-5,8-12H2,(H,24,30)(H2,25,26,27,29)/t14-/m1/s1. The fourth-order valence-electron chi connectivity index (χ4n) is 3.81. The molecule has 1 aromatic heterocycles. The zero-order valence-electron chi connectivity index (χ0n) is 16.6. The molecule has 2 amide bonds. The van der Waals surface area contributed by atoms with Gasteiger partial charge in [-0.1, -0.05) is 30.2 Å². The van der Waals surface area contributed by atoms with Crippen LogP contribution >= 0.6 is 27.5 Å². The molecule has 1 saturated carbocycles. The minimum atomic E-state index is -0.378. The van der Waals surface area contributed by atoms with Crippen LogP contribution in [0.5, 0.6) is 0 Å². The van der Waals surface area contributed by atoms with Crippen LogP contribution in [-0.2, 0) is 0 Å². The average Bonchev–Trinajstić information content (AvgIpc) is 3.50. The van der Waals surface area contributed by atoms with Crippen molar-refractivity contribution >= 4 is 45.2 Å². The van der Waals surface area contributed by atoms with E-state index in [4.69, 9.17) is 11.6 Å². The van der Waals surface area contributed by atoms with E-state index < -0.39 is 0 Å². The number of nitrogens with zero attached hydrogens (tertiary/aromatic N) is 2. The molecule has 4 rings (SSSR count). The third-order valence-electron chi connectivity index (χ3n) is 5.58. The number of hydrogen-bond donors (Lipinski definition) is 3. The summed E-state index contributed by atoms with van der Waals surface area (Å²) in [6, 6.07) is 6.88. The molecule has 9 heteroatoms. The third-order valence-corrected chi connectivity index (χ3v) is 6.68. The van der Waals surface area contributed by atoms with Crippen molar-refractivity contribution in [3.05, 3.63) is 45.0 Å². The van der Waals surface area contributed by atoms with Crippen molar-refractivity contribution in [2.45, 2.75) is 38.1 Å². The molecule has 1 aliphatic carbocycles. The van der Waals surface area contributed by atoms with Gasteiger partial charge in [0.1, 0.15) is 5.82 Å². The first-order chi connectivity index (χ1) is 14.5. The molecule has 2 aromatic rings. The Labute approximate surface area is 189 Å². The molecule has 1 aliphatic heterocycles. The minimum absolute atomic E-state index is 0.100. The number of amides is 2. The Hall–Kier alpha value is -1.90. The van der Waals surface area contributed by atoms with Crippen LogP contribution in [0.3, 0.4) is 0 Å². The summed E-state index contributed by atoms with van der Waals surface area (Å²) in [6.07, 6.45) is 5.90. The highest BCUT2D eigenvalue weighted by atomic mass is 79.9. The van der Waals surface area contributed by atoms with Gasteiger partial charge in [-0.3, -0.25) is 14.7 Å². The van der Waals surface area contributed by atoms with Crippen molar-refractivity contribution in [2.75, 3.05) is 25.0 Å². The zero-order chi connectivity index (χ0) is 21.1. The first kappa shape index (κ1) is 21.3. The van der Waals surface area contributed by atoms with Gasteiger partial charge in [0.25, 0.3) is 11.8 Å². The smallest absolute Gasteiger partial charge is 0.273 e. The molecule has 2 fully saturated rings. The van der Waals surface area contributed by atoms with Gasteiger partial charge in [0, 0.05) is 19.1 Å². The molecule has 1 atom stereocenters. The highest BCUT2D eigenvalue weighted by Gasteiger charge is 2.28. The van der Waals surface area contributed by atoms with Crippen LogP contribution in [0.2, 0.25) is 5.02 Å². The van der Waals surface area contributed by atoms with E-state index in [1.54, 1.807) is 24.3 Å². The highest BCUT2D eigenvalue weighted by molar-refractivity contribution is 9.10. The summed E-state index contributed by atoms with van der Waals surface area (Å²) in [7, 11) is 0. The molecule has 1 saturated heterocycles. The summed E-state index contributed by atoms with van der Waals surface area (Å²) in [5.41, 5.74) is 0.573. The van der Waals surface area contributed by atoms with Gasteiger partial charge in [-0.15, -0.1) is 0 Å². The van der Waals surface area contributed by atoms with Crippen molar-refractivity contribution in [1.29, 1.82) is 0 Å².